The number of benzene rings is 1. The molecule has 1 aromatic rings. The Morgan fingerprint density at radius 1 is 1.33 bits per heavy atom. The second kappa shape index (κ2) is 9.86. The lowest BCUT2D eigenvalue weighted by Crippen LogP contribution is -2.37. The molecule has 4 heteroatoms. The fraction of sp³-hybridized carbons (Fsp3) is 0.471. The first-order chi connectivity index (χ1) is 10.2. The van der Waals surface area contributed by atoms with Crippen LogP contribution in [0.3, 0.4) is 0 Å². The van der Waals surface area contributed by atoms with Gasteiger partial charge in [-0.2, -0.15) is 0 Å². The third-order valence-corrected chi connectivity index (χ3v) is 2.71. The Morgan fingerprint density at radius 2 is 2.10 bits per heavy atom. The summed E-state index contributed by atoms with van der Waals surface area (Å²) in [4.78, 5) is 4.58. The first-order valence-corrected chi connectivity index (χ1v) is 7.51. The van der Waals surface area contributed by atoms with Crippen LogP contribution in [-0.4, -0.2) is 25.7 Å². The van der Waals surface area contributed by atoms with Gasteiger partial charge in [-0.05, 0) is 18.9 Å². The van der Waals surface area contributed by atoms with Crippen LogP contribution in [0.15, 0.2) is 41.9 Å². The molecule has 0 spiro atoms. The zero-order valence-electron chi connectivity index (χ0n) is 13.4. The molecule has 21 heavy (non-hydrogen) atoms. The third kappa shape index (κ3) is 6.84. The Bertz CT molecular complexity index is 455. The van der Waals surface area contributed by atoms with Crippen molar-refractivity contribution in [1.29, 1.82) is 0 Å². The smallest absolute Gasteiger partial charge is 0.191 e. The highest BCUT2D eigenvalue weighted by Crippen LogP contribution is 2.19. The monoisotopic (exact) mass is 289 g/mol. The lowest BCUT2D eigenvalue weighted by Gasteiger charge is -2.13. The van der Waals surface area contributed by atoms with Gasteiger partial charge in [0.2, 0.25) is 0 Å². The number of para-hydroxylation sites is 1. The predicted octanol–water partition coefficient (Wildman–Crippen LogP) is 2.96. The van der Waals surface area contributed by atoms with Gasteiger partial charge in [0.05, 0.1) is 13.2 Å². The molecule has 0 fully saturated rings. The van der Waals surface area contributed by atoms with E-state index in [0.29, 0.717) is 19.0 Å². The van der Waals surface area contributed by atoms with Crippen LogP contribution in [0.2, 0.25) is 0 Å². The van der Waals surface area contributed by atoms with Crippen molar-refractivity contribution in [3.05, 3.63) is 42.5 Å². The van der Waals surface area contributed by atoms with Gasteiger partial charge in [-0.15, -0.1) is 6.58 Å². The van der Waals surface area contributed by atoms with Gasteiger partial charge in [0.25, 0.3) is 0 Å². The summed E-state index contributed by atoms with van der Waals surface area (Å²) in [6.07, 6.45) is 1.81. The number of aliphatic imine (C=N–C) groups is 1. The average Bonchev–Trinajstić information content (AvgIpc) is 2.48. The van der Waals surface area contributed by atoms with Gasteiger partial charge in [0.1, 0.15) is 5.75 Å². The lowest BCUT2D eigenvalue weighted by molar-refractivity contribution is 0.268. The van der Waals surface area contributed by atoms with Crippen LogP contribution in [0.25, 0.3) is 0 Å². The molecular weight excluding hydrogens is 262 g/mol. The minimum absolute atomic E-state index is 0.508. The first-order valence-electron chi connectivity index (χ1n) is 7.51. The number of hydrogen-bond donors (Lipinski definition) is 2. The van der Waals surface area contributed by atoms with Crippen LogP contribution >= 0.6 is 0 Å². The standard InChI is InChI=1S/C17H27N3O/c1-5-11-19-17(18-6-2)20-12-15-9-7-8-10-16(15)21-13-14(3)4/h5,7-10,14H,1,6,11-13H2,2-4H3,(H2,18,19,20). The summed E-state index contributed by atoms with van der Waals surface area (Å²) < 4.78 is 5.85. The van der Waals surface area contributed by atoms with Gasteiger partial charge >= 0.3 is 0 Å². The molecular formula is C17H27N3O. The van der Waals surface area contributed by atoms with Crippen molar-refractivity contribution in [3.8, 4) is 5.75 Å². The highest BCUT2D eigenvalue weighted by atomic mass is 16.5. The molecule has 0 aliphatic heterocycles. The van der Waals surface area contributed by atoms with Crippen LogP contribution in [0.5, 0.6) is 5.75 Å². The van der Waals surface area contributed by atoms with E-state index in [-0.39, 0.29) is 0 Å². The summed E-state index contributed by atoms with van der Waals surface area (Å²) in [7, 11) is 0. The Morgan fingerprint density at radius 3 is 2.76 bits per heavy atom. The van der Waals surface area contributed by atoms with Crippen LogP contribution in [0, 0.1) is 5.92 Å². The highest BCUT2D eigenvalue weighted by molar-refractivity contribution is 5.79. The van der Waals surface area contributed by atoms with Gasteiger partial charge in [-0.1, -0.05) is 38.1 Å². The van der Waals surface area contributed by atoms with E-state index in [0.717, 1.165) is 30.4 Å². The number of hydrogen-bond acceptors (Lipinski definition) is 2. The molecule has 1 rings (SSSR count). The third-order valence-electron chi connectivity index (χ3n) is 2.71. The van der Waals surface area contributed by atoms with E-state index >= 15 is 0 Å². The number of nitrogens with zero attached hydrogens (tertiary/aromatic N) is 1. The summed E-state index contributed by atoms with van der Waals surface area (Å²) in [5, 5.41) is 6.40. The molecule has 0 heterocycles. The Balaban J connectivity index is 2.72. The fourth-order valence-electron chi connectivity index (χ4n) is 1.71. The molecule has 116 valence electrons. The van der Waals surface area contributed by atoms with Crippen molar-refractivity contribution in [2.75, 3.05) is 19.7 Å². The molecule has 0 amide bonds. The molecule has 0 atom stereocenters. The Labute approximate surface area is 128 Å². The maximum absolute atomic E-state index is 5.85. The number of ether oxygens (including phenoxy) is 1. The van der Waals surface area contributed by atoms with Crippen molar-refractivity contribution in [2.45, 2.75) is 27.3 Å². The molecule has 0 unspecified atom stereocenters. The van der Waals surface area contributed by atoms with Gasteiger partial charge < -0.3 is 15.4 Å². The van der Waals surface area contributed by atoms with E-state index in [4.69, 9.17) is 4.74 Å². The quantitative estimate of drug-likeness (QED) is 0.439. The molecule has 2 N–H and O–H groups in total. The van der Waals surface area contributed by atoms with Crippen molar-refractivity contribution >= 4 is 5.96 Å². The molecule has 0 saturated carbocycles. The van der Waals surface area contributed by atoms with Crippen LogP contribution < -0.4 is 15.4 Å². The van der Waals surface area contributed by atoms with Crippen LogP contribution in [-0.2, 0) is 6.54 Å². The molecule has 0 saturated heterocycles. The molecule has 0 aliphatic rings. The second-order valence-corrected chi connectivity index (χ2v) is 5.18. The predicted molar refractivity (Wildman–Crippen MR) is 89.8 cm³/mol. The van der Waals surface area contributed by atoms with Crippen LogP contribution in [0.1, 0.15) is 26.3 Å². The second-order valence-electron chi connectivity index (χ2n) is 5.18. The summed E-state index contributed by atoms with van der Waals surface area (Å²) in [5.41, 5.74) is 1.09. The van der Waals surface area contributed by atoms with E-state index < -0.39 is 0 Å². The minimum atomic E-state index is 0.508. The topological polar surface area (TPSA) is 45.7 Å². The molecule has 1 aromatic carbocycles. The summed E-state index contributed by atoms with van der Waals surface area (Å²) in [6, 6.07) is 8.05. The minimum Gasteiger partial charge on any atom is -0.493 e. The molecule has 0 radical (unpaired) electrons. The SMILES string of the molecule is C=CCNC(=NCc1ccccc1OCC(C)C)NCC. The maximum Gasteiger partial charge on any atom is 0.191 e. The van der Waals surface area contributed by atoms with Crippen molar-refractivity contribution in [1.82, 2.24) is 10.6 Å². The number of rotatable bonds is 8. The molecule has 4 nitrogen and oxygen atoms in total. The molecule has 0 bridgehead atoms. The van der Waals surface area contributed by atoms with Crippen LogP contribution in [0.4, 0.5) is 0 Å². The Kier molecular flexibility index (Phi) is 8.02. The van der Waals surface area contributed by atoms with Crippen molar-refractivity contribution < 1.29 is 4.74 Å². The zero-order valence-corrected chi connectivity index (χ0v) is 13.4. The van der Waals surface area contributed by atoms with Gasteiger partial charge in [-0.25, -0.2) is 4.99 Å². The van der Waals surface area contributed by atoms with Crippen molar-refractivity contribution in [3.63, 3.8) is 0 Å². The zero-order chi connectivity index (χ0) is 15.5. The lowest BCUT2D eigenvalue weighted by atomic mass is 10.2. The average molecular weight is 289 g/mol. The van der Waals surface area contributed by atoms with E-state index in [1.807, 2.05) is 31.2 Å². The fourth-order valence-corrected chi connectivity index (χ4v) is 1.71. The summed E-state index contributed by atoms with van der Waals surface area (Å²) in [6.45, 7) is 12.9. The van der Waals surface area contributed by atoms with Gasteiger partial charge in [0.15, 0.2) is 5.96 Å². The largest absolute Gasteiger partial charge is 0.493 e. The van der Waals surface area contributed by atoms with Gasteiger partial charge in [0, 0.05) is 18.7 Å². The maximum atomic E-state index is 5.85. The van der Waals surface area contributed by atoms with Gasteiger partial charge in [-0.3, -0.25) is 0 Å². The van der Waals surface area contributed by atoms with E-state index in [9.17, 15) is 0 Å². The first kappa shape index (κ1) is 17.1. The molecule has 0 aromatic heterocycles. The number of guanidine groups is 1. The highest BCUT2D eigenvalue weighted by Gasteiger charge is 2.04. The van der Waals surface area contributed by atoms with E-state index in [2.05, 4.69) is 42.1 Å². The molecule has 0 aliphatic carbocycles. The van der Waals surface area contributed by atoms with E-state index in [1.165, 1.54) is 0 Å². The summed E-state index contributed by atoms with van der Waals surface area (Å²) >= 11 is 0. The number of nitrogens with one attached hydrogen (secondary N) is 2. The Hall–Kier alpha value is -1.97. The normalized spacial score (nSPS) is 11.3. The summed E-state index contributed by atoms with van der Waals surface area (Å²) in [5.74, 6) is 2.21. The van der Waals surface area contributed by atoms with E-state index in [1.54, 1.807) is 0 Å². The van der Waals surface area contributed by atoms with Crippen molar-refractivity contribution in [2.24, 2.45) is 10.9 Å².